The van der Waals surface area contributed by atoms with Crippen LogP contribution in [0.5, 0.6) is 0 Å². The second-order valence-electron chi connectivity index (χ2n) is 7.09. The van der Waals surface area contributed by atoms with Crippen molar-refractivity contribution in [2.45, 2.75) is 62.9 Å². The van der Waals surface area contributed by atoms with E-state index < -0.39 is 0 Å². The molecule has 1 aromatic rings. The van der Waals surface area contributed by atoms with Gasteiger partial charge >= 0.3 is 0 Å². The Morgan fingerprint density at radius 1 is 1.09 bits per heavy atom. The highest BCUT2D eigenvalue weighted by atomic mass is 16.5. The van der Waals surface area contributed by atoms with Crippen molar-refractivity contribution in [2.24, 2.45) is 5.92 Å². The minimum absolute atomic E-state index is 0.0190. The van der Waals surface area contributed by atoms with E-state index in [-0.39, 0.29) is 5.60 Å². The summed E-state index contributed by atoms with van der Waals surface area (Å²) < 4.78 is 18.5. The minimum atomic E-state index is 0.0190. The summed E-state index contributed by atoms with van der Waals surface area (Å²) in [4.78, 5) is 0. The van der Waals surface area contributed by atoms with E-state index in [9.17, 15) is 0 Å². The molecule has 4 rings (SSSR count). The molecule has 1 spiro atoms. The zero-order chi connectivity index (χ0) is 14.8. The maximum atomic E-state index is 6.56. The van der Waals surface area contributed by atoms with E-state index in [0.29, 0.717) is 18.1 Å². The van der Waals surface area contributed by atoms with Gasteiger partial charge in [-0.05, 0) is 31.2 Å². The third-order valence-corrected chi connectivity index (χ3v) is 5.67. The first-order chi connectivity index (χ1) is 10.8. The third kappa shape index (κ3) is 2.94. The van der Waals surface area contributed by atoms with Crippen LogP contribution in [0.4, 0.5) is 0 Å². The van der Waals surface area contributed by atoms with Gasteiger partial charge in [0.2, 0.25) is 0 Å². The number of hydrogen-bond acceptors (Lipinski definition) is 3. The van der Waals surface area contributed by atoms with Gasteiger partial charge in [-0.3, -0.25) is 0 Å². The Kier molecular flexibility index (Phi) is 4.21. The summed E-state index contributed by atoms with van der Waals surface area (Å²) in [5.74, 6) is 0.595. The average molecular weight is 302 g/mol. The zero-order valence-electron chi connectivity index (χ0n) is 13.2. The molecule has 1 aliphatic carbocycles. The first-order valence-corrected chi connectivity index (χ1v) is 8.76. The molecular weight excluding hydrogens is 276 g/mol. The van der Waals surface area contributed by atoms with Crippen molar-refractivity contribution in [2.75, 3.05) is 13.2 Å². The van der Waals surface area contributed by atoms with Crippen molar-refractivity contribution in [3.63, 3.8) is 0 Å². The lowest BCUT2D eigenvalue weighted by Gasteiger charge is -2.48. The van der Waals surface area contributed by atoms with Gasteiger partial charge in [-0.25, -0.2) is 0 Å². The second kappa shape index (κ2) is 6.31. The normalized spacial score (nSPS) is 33.7. The largest absolute Gasteiger partial charge is 0.381 e. The van der Waals surface area contributed by atoms with E-state index >= 15 is 0 Å². The van der Waals surface area contributed by atoms with Crippen molar-refractivity contribution in [3.05, 3.63) is 35.9 Å². The van der Waals surface area contributed by atoms with Crippen LogP contribution >= 0.6 is 0 Å². The van der Waals surface area contributed by atoms with Crippen molar-refractivity contribution >= 4 is 0 Å². The molecule has 2 heterocycles. The summed E-state index contributed by atoms with van der Waals surface area (Å²) in [7, 11) is 0. The minimum Gasteiger partial charge on any atom is -0.381 e. The van der Waals surface area contributed by atoms with Gasteiger partial charge in [0.05, 0.1) is 24.4 Å². The van der Waals surface area contributed by atoms with Crippen molar-refractivity contribution in [3.8, 4) is 0 Å². The van der Waals surface area contributed by atoms with E-state index in [1.54, 1.807) is 0 Å². The standard InChI is InChI=1S/C19H26O3/c1-2-5-15(6-3-1)14-21-18-13-19(9-11-20-12-10-19)22-17-8-4-7-16(17)18/h1-3,5-6,16-18H,4,7-14H2/t16-,17-,18-/m1/s1. The fourth-order valence-corrected chi connectivity index (χ4v) is 4.44. The van der Waals surface area contributed by atoms with Crippen LogP contribution < -0.4 is 0 Å². The molecule has 0 unspecified atom stereocenters. The lowest BCUT2D eigenvalue weighted by molar-refractivity contribution is -0.221. The topological polar surface area (TPSA) is 27.7 Å². The number of rotatable bonds is 3. The van der Waals surface area contributed by atoms with Gasteiger partial charge in [0.1, 0.15) is 0 Å². The molecule has 3 aliphatic rings. The van der Waals surface area contributed by atoms with Gasteiger partial charge in [0.15, 0.2) is 0 Å². The highest BCUT2D eigenvalue weighted by molar-refractivity contribution is 5.13. The van der Waals surface area contributed by atoms with Crippen LogP contribution in [0.3, 0.4) is 0 Å². The van der Waals surface area contributed by atoms with Crippen molar-refractivity contribution < 1.29 is 14.2 Å². The van der Waals surface area contributed by atoms with Gasteiger partial charge in [0.25, 0.3) is 0 Å². The van der Waals surface area contributed by atoms with Crippen LogP contribution in [0, 0.1) is 5.92 Å². The molecular formula is C19H26O3. The first kappa shape index (κ1) is 14.7. The summed E-state index contributed by atoms with van der Waals surface area (Å²) in [6.07, 6.45) is 7.61. The second-order valence-corrected chi connectivity index (χ2v) is 7.09. The molecule has 0 amide bonds. The molecule has 1 saturated carbocycles. The van der Waals surface area contributed by atoms with E-state index in [0.717, 1.165) is 39.1 Å². The van der Waals surface area contributed by atoms with E-state index in [1.165, 1.54) is 24.8 Å². The fraction of sp³-hybridized carbons (Fsp3) is 0.684. The quantitative estimate of drug-likeness (QED) is 0.852. The van der Waals surface area contributed by atoms with Crippen molar-refractivity contribution in [1.29, 1.82) is 0 Å². The molecule has 2 saturated heterocycles. The lowest BCUT2D eigenvalue weighted by atomic mass is 9.79. The third-order valence-electron chi connectivity index (χ3n) is 5.67. The molecule has 3 atom stereocenters. The molecule has 3 nitrogen and oxygen atoms in total. The van der Waals surface area contributed by atoms with Gasteiger partial charge in [-0.15, -0.1) is 0 Å². The highest BCUT2D eigenvalue weighted by Gasteiger charge is 2.49. The summed E-state index contributed by atoms with van der Waals surface area (Å²) in [6.45, 7) is 2.40. The fourth-order valence-electron chi connectivity index (χ4n) is 4.44. The molecule has 0 radical (unpaired) electrons. The molecule has 2 aliphatic heterocycles. The van der Waals surface area contributed by atoms with Gasteiger partial charge < -0.3 is 14.2 Å². The van der Waals surface area contributed by atoms with Crippen LogP contribution in [0.2, 0.25) is 0 Å². The van der Waals surface area contributed by atoms with Crippen LogP contribution in [0.15, 0.2) is 30.3 Å². The smallest absolute Gasteiger partial charge is 0.0755 e. The van der Waals surface area contributed by atoms with E-state index in [4.69, 9.17) is 14.2 Å². The average Bonchev–Trinajstić information content (AvgIpc) is 3.02. The van der Waals surface area contributed by atoms with E-state index in [2.05, 4.69) is 30.3 Å². The molecule has 0 N–H and O–H groups in total. The number of ether oxygens (including phenoxy) is 3. The van der Waals surface area contributed by atoms with Gasteiger partial charge in [-0.1, -0.05) is 36.8 Å². The number of hydrogen-bond donors (Lipinski definition) is 0. The Bertz CT molecular complexity index is 481. The zero-order valence-corrected chi connectivity index (χ0v) is 13.2. The molecule has 0 aromatic heterocycles. The predicted octanol–water partition coefficient (Wildman–Crippen LogP) is 3.71. The Morgan fingerprint density at radius 2 is 1.91 bits per heavy atom. The Hall–Kier alpha value is -0.900. The summed E-state index contributed by atoms with van der Waals surface area (Å²) in [6, 6.07) is 10.5. The Morgan fingerprint density at radius 3 is 2.73 bits per heavy atom. The maximum absolute atomic E-state index is 6.56. The molecule has 3 heteroatoms. The summed E-state index contributed by atoms with van der Waals surface area (Å²) in [5.41, 5.74) is 1.29. The van der Waals surface area contributed by atoms with Crippen LogP contribution in [0.1, 0.15) is 44.1 Å². The molecule has 1 aromatic carbocycles. The van der Waals surface area contributed by atoms with Crippen LogP contribution in [0.25, 0.3) is 0 Å². The highest BCUT2D eigenvalue weighted by Crippen LogP contribution is 2.46. The Balaban J connectivity index is 1.46. The van der Waals surface area contributed by atoms with E-state index in [1.807, 2.05) is 0 Å². The summed E-state index contributed by atoms with van der Waals surface area (Å²) >= 11 is 0. The van der Waals surface area contributed by atoms with Crippen molar-refractivity contribution in [1.82, 2.24) is 0 Å². The number of benzene rings is 1. The lowest BCUT2D eigenvalue weighted by Crippen LogP contribution is -2.53. The predicted molar refractivity (Wildman–Crippen MR) is 84.6 cm³/mol. The maximum Gasteiger partial charge on any atom is 0.0755 e. The monoisotopic (exact) mass is 302 g/mol. The molecule has 22 heavy (non-hydrogen) atoms. The Labute approximate surface area is 132 Å². The summed E-state index contributed by atoms with van der Waals surface area (Å²) in [5, 5.41) is 0. The molecule has 3 fully saturated rings. The van der Waals surface area contributed by atoms with Gasteiger partial charge in [-0.2, -0.15) is 0 Å². The number of fused-ring (bicyclic) bond motifs is 1. The molecule has 0 bridgehead atoms. The first-order valence-electron chi connectivity index (χ1n) is 8.76. The van der Waals surface area contributed by atoms with Crippen LogP contribution in [-0.2, 0) is 20.8 Å². The van der Waals surface area contributed by atoms with Crippen LogP contribution in [-0.4, -0.2) is 31.0 Å². The van der Waals surface area contributed by atoms with Gasteiger partial charge in [0, 0.05) is 25.6 Å². The SMILES string of the molecule is c1ccc(CO[C@@H]2CC3(CCOCC3)O[C@@H]3CCC[C@@H]23)cc1. The molecule has 120 valence electrons.